The van der Waals surface area contributed by atoms with Crippen molar-refractivity contribution in [3.63, 3.8) is 0 Å². The molecule has 0 radical (unpaired) electrons. The molecule has 1 amide bonds. The van der Waals surface area contributed by atoms with E-state index in [0.29, 0.717) is 24.5 Å². The van der Waals surface area contributed by atoms with Crippen LogP contribution in [0.2, 0.25) is 0 Å². The summed E-state index contributed by atoms with van der Waals surface area (Å²) in [5.41, 5.74) is 6.33. The molecule has 3 aliphatic rings. The van der Waals surface area contributed by atoms with Gasteiger partial charge in [0.05, 0.1) is 6.10 Å². The lowest BCUT2D eigenvalue weighted by Crippen LogP contribution is -2.65. The van der Waals surface area contributed by atoms with Gasteiger partial charge in [0, 0.05) is 30.5 Å². The fourth-order valence-corrected chi connectivity index (χ4v) is 5.08. The average Bonchev–Trinajstić information content (AvgIpc) is 2.92. The molecule has 4 heteroatoms. The van der Waals surface area contributed by atoms with E-state index >= 15 is 0 Å². The van der Waals surface area contributed by atoms with Crippen LogP contribution in [0.3, 0.4) is 0 Å². The maximum absolute atomic E-state index is 12.4. The second-order valence-corrected chi connectivity index (χ2v) is 7.65. The maximum Gasteiger partial charge on any atom is 0.220 e. The topological polar surface area (TPSA) is 64.3 Å². The first-order chi connectivity index (χ1) is 10.7. The Morgan fingerprint density at radius 1 is 1.23 bits per heavy atom. The number of hydrogen-bond donors (Lipinski definition) is 2. The Balaban J connectivity index is 1.56. The molecule has 0 aromatic heterocycles. The van der Waals surface area contributed by atoms with Crippen molar-refractivity contribution in [2.45, 2.75) is 89.3 Å². The van der Waals surface area contributed by atoms with E-state index in [2.05, 4.69) is 12.2 Å². The summed E-state index contributed by atoms with van der Waals surface area (Å²) in [6.07, 6.45) is 11.7. The number of ether oxygens (including phenoxy) is 1. The minimum absolute atomic E-state index is 0.215. The third-order valence-electron chi connectivity index (χ3n) is 6.44. The molecular formula is C18H32N2O2. The molecule has 3 fully saturated rings. The van der Waals surface area contributed by atoms with Crippen molar-refractivity contribution in [2.75, 3.05) is 6.61 Å². The third kappa shape index (κ3) is 3.05. The highest BCUT2D eigenvalue weighted by atomic mass is 16.5. The Kier molecular flexibility index (Phi) is 5.08. The molecule has 3 rings (SSSR count). The van der Waals surface area contributed by atoms with E-state index in [1.165, 1.54) is 38.5 Å². The van der Waals surface area contributed by atoms with Crippen LogP contribution in [0.15, 0.2) is 0 Å². The summed E-state index contributed by atoms with van der Waals surface area (Å²) >= 11 is 0. The SMILES string of the molecule is CCOC1CC(NC(=O)C[C@@H]2CCC[C@H]2N)C12CCCCC2. The van der Waals surface area contributed by atoms with E-state index in [-0.39, 0.29) is 17.4 Å². The number of nitrogens with one attached hydrogen (secondary N) is 1. The molecule has 4 atom stereocenters. The fourth-order valence-electron chi connectivity index (χ4n) is 5.08. The number of carbonyl (C=O) groups excluding carboxylic acids is 1. The minimum atomic E-state index is 0.215. The van der Waals surface area contributed by atoms with E-state index in [0.717, 1.165) is 25.9 Å². The Hall–Kier alpha value is -0.610. The average molecular weight is 308 g/mol. The van der Waals surface area contributed by atoms with Gasteiger partial charge in [0.1, 0.15) is 0 Å². The molecule has 0 aromatic rings. The van der Waals surface area contributed by atoms with Crippen molar-refractivity contribution in [3.8, 4) is 0 Å². The van der Waals surface area contributed by atoms with Crippen LogP contribution in [-0.2, 0) is 9.53 Å². The van der Waals surface area contributed by atoms with Crippen molar-refractivity contribution in [1.82, 2.24) is 5.32 Å². The van der Waals surface area contributed by atoms with Gasteiger partial charge in [-0.3, -0.25) is 4.79 Å². The lowest BCUT2D eigenvalue weighted by Gasteiger charge is -2.57. The normalized spacial score (nSPS) is 37.0. The molecule has 0 bridgehead atoms. The second-order valence-electron chi connectivity index (χ2n) is 7.65. The summed E-state index contributed by atoms with van der Waals surface area (Å²) in [5, 5.41) is 3.34. The van der Waals surface area contributed by atoms with E-state index in [1.807, 2.05) is 0 Å². The van der Waals surface area contributed by atoms with Crippen LogP contribution in [-0.4, -0.2) is 30.7 Å². The Morgan fingerprint density at radius 2 is 2.00 bits per heavy atom. The van der Waals surface area contributed by atoms with E-state index in [9.17, 15) is 4.79 Å². The molecule has 3 aliphatic carbocycles. The van der Waals surface area contributed by atoms with Gasteiger partial charge >= 0.3 is 0 Å². The van der Waals surface area contributed by atoms with Crippen molar-refractivity contribution in [3.05, 3.63) is 0 Å². The molecule has 0 aromatic carbocycles. The molecule has 0 heterocycles. The lowest BCUT2D eigenvalue weighted by molar-refractivity contribution is -0.157. The molecule has 1 spiro atoms. The van der Waals surface area contributed by atoms with Gasteiger partial charge in [-0.25, -0.2) is 0 Å². The second kappa shape index (κ2) is 6.88. The van der Waals surface area contributed by atoms with Crippen LogP contribution in [0, 0.1) is 11.3 Å². The molecule has 3 N–H and O–H groups in total. The number of rotatable bonds is 5. The largest absolute Gasteiger partial charge is 0.378 e. The van der Waals surface area contributed by atoms with E-state index in [1.54, 1.807) is 0 Å². The summed E-state index contributed by atoms with van der Waals surface area (Å²) in [6, 6.07) is 0.557. The number of hydrogen-bond acceptors (Lipinski definition) is 3. The Morgan fingerprint density at radius 3 is 2.64 bits per heavy atom. The van der Waals surface area contributed by atoms with Crippen molar-refractivity contribution in [2.24, 2.45) is 17.1 Å². The van der Waals surface area contributed by atoms with Gasteiger partial charge in [-0.2, -0.15) is 0 Å². The monoisotopic (exact) mass is 308 g/mol. The Bertz CT molecular complexity index is 393. The van der Waals surface area contributed by atoms with Crippen molar-refractivity contribution in [1.29, 1.82) is 0 Å². The minimum Gasteiger partial charge on any atom is -0.378 e. The highest BCUT2D eigenvalue weighted by Gasteiger charge is 2.56. The van der Waals surface area contributed by atoms with Gasteiger partial charge in [0.15, 0.2) is 0 Å². The van der Waals surface area contributed by atoms with Gasteiger partial charge in [-0.05, 0) is 44.9 Å². The van der Waals surface area contributed by atoms with Gasteiger partial charge in [0.25, 0.3) is 0 Å². The molecule has 0 aliphatic heterocycles. The number of carbonyl (C=O) groups is 1. The first-order valence-electron chi connectivity index (χ1n) is 9.32. The summed E-state index contributed by atoms with van der Waals surface area (Å²) in [6.45, 7) is 2.86. The van der Waals surface area contributed by atoms with Gasteiger partial charge in [-0.15, -0.1) is 0 Å². The zero-order chi connectivity index (χ0) is 15.6. The van der Waals surface area contributed by atoms with Gasteiger partial charge in [-0.1, -0.05) is 25.7 Å². The van der Waals surface area contributed by atoms with Gasteiger partial charge < -0.3 is 15.8 Å². The number of amides is 1. The lowest BCUT2D eigenvalue weighted by atomic mass is 9.55. The molecule has 126 valence electrons. The first-order valence-corrected chi connectivity index (χ1v) is 9.32. The predicted molar refractivity (Wildman–Crippen MR) is 87.4 cm³/mol. The first kappa shape index (κ1) is 16.3. The predicted octanol–water partition coefficient (Wildman–Crippen LogP) is 2.75. The van der Waals surface area contributed by atoms with Crippen molar-refractivity contribution < 1.29 is 9.53 Å². The van der Waals surface area contributed by atoms with Crippen LogP contribution >= 0.6 is 0 Å². The maximum atomic E-state index is 12.4. The third-order valence-corrected chi connectivity index (χ3v) is 6.44. The molecule has 3 saturated carbocycles. The molecule has 2 unspecified atom stereocenters. The zero-order valence-electron chi connectivity index (χ0n) is 14.0. The quantitative estimate of drug-likeness (QED) is 0.821. The van der Waals surface area contributed by atoms with Gasteiger partial charge in [0.2, 0.25) is 5.91 Å². The highest BCUT2D eigenvalue weighted by molar-refractivity contribution is 5.77. The van der Waals surface area contributed by atoms with Crippen LogP contribution in [0.1, 0.15) is 71.1 Å². The van der Waals surface area contributed by atoms with E-state index in [4.69, 9.17) is 10.5 Å². The van der Waals surface area contributed by atoms with Crippen molar-refractivity contribution >= 4 is 5.91 Å². The highest BCUT2D eigenvalue weighted by Crippen LogP contribution is 2.53. The summed E-state index contributed by atoms with van der Waals surface area (Å²) in [4.78, 5) is 12.4. The molecule has 4 nitrogen and oxygen atoms in total. The molecule has 0 saturated heterocycles. The number of nitrogens with two attached hydrogens (primary N) is 1. The zero-order valence-corrected chi connectivity index (χ0v) is 14.0. The van der Waals surface area contributed by atoms with Crippen LogP contribution in [0.25, 0.3) is 0 Å². The summed E-state index contributed by atoms with van der Waals surface area (Å²) in [7, 11) is 0. The fraction of sp³-hybridized carbons (Fsp3) is 0.944. The smallest absolute Gasteiger partial charge is 0.220 e. The standard InChI is InChI=1S/C18H32N2O2/c1-2-22-16-12-15(18(16)9-4-3-5-10-18)20-17(21)11-13-7-6-8-14(13)19/h13-16H,2-12,19H2,1H3,(H,20,21)/t13-,14+,15?,16?/m0/s1. The summed E-state index contributed by atoms with van der Waals surface area (Å²) in [5.74, 6) is 0.609. The van der Waals surface area contributed by atoms with Crippen LogP contribution in [0.4, 0.5) is 0 Å². The van der Waals surface area contributed by atoms with Crippen LogP contribution in [0.5, 0.6) is 0 Å². The van der Waals surface area contributed by atoms with E-state index < -0.39 is 0 Å². The molecule has 22 heavy (non-hydrogen) atoms. The molecular weight excluding hydrogens is 276 g/mol. The summed E-state index contributed by atoms with van der Waals surface area (Å²) < 4.78 is 5.96. The Labute approximate surface area is 134 Å². The van der Waals surface area contributed by atoms with Crippen LogP contribution < -0.4 is 11.1 Å².